The standard InChI is InChI=1S/C11H21NO4.H2O/c1-6-7(2)8(9(13)14)12-10(15)16-11(3,4)5;/h7-8H,6H2,1-5H3,(H,12,15)(H,13,14);1H2/t7-,8-;/m1./s1. The van der Waals surface area contributed by atoms with Gasteiger partial charge in [-0.3, -0.25) is 0 Å². The van der Waals surface area contributed by atoms with Gasteiger partial charge in [-0.05, 0) is 26.7 Å². The van der Waals surface area contributed by atoms with Gasteiger partial charge in [0.2, 0.25) is 0 Å². The highest BCUT2D eigenvalue weighted by Gasteiger charge is 2.27. The summed E-state index contributed by atoms with van der Waals surface area (Å²) in [6.07, 6.45) is -0.0209. The molecule has 2 atom stereocenters. The summed E-state index contributed by atoms with van der Waals surface area (Å²) in [7, 11) is 0. The highest BCUT2D eigenvalue weighted by atomic mass is 16.6. The van der Waals surface area contributed by atoms with E-state index in [-0.39, 0.29) is 11.4 Å². The number of alkyl carbamates (subject to hydrolysis) is 1. The molecule has 0 fully saturated rings. The van der Waals surface area contributed by atoms with Crippen molar-refractivity contribution in [1.29, 1.82) is 0 Å². The summed E-state index contributed by atoms with van der Waals surface area (Å²) in [5.74, 6) is -1.18. The molecule has 0 saturated carbocycles. The third-order valence-electron chi connectivity index (χ3n) is 2.15. The Bertz CT molecular complexity index is 259. The molecule has 4 N–H and O–H groups in total. The topological polar surface area (TPSA) is 107 Å². The van der Waals surface area contributed by atoms with Crippen LogP contribution in [-0.2, 0) is 9.53 Å². The van der Waals surface area contributed by atoms with Crippen LogP contribution in [0.25, 0.3) is 0 Å². The summed E-state index contributed by atoms with van der Waals surface area (Å²) in [4.78, 5) is 22.3. The van der Waals surface area contributed by atoms with Gasteiger partial charge in [0.15, 0.2) is 0 Å². The molecule has 0 rings (SSSR count). The molecule has 0 aliphatic heterocycles. The molecule has 0 aliphatic carbocycles. The number of hydrogen-bond donors (Lipinski definition) is 2. The highest BCUT2D eigenvalue weighted by Crippen LogP contribution is 2.11. The summed E-state index contributed by atoms with van der Waals surface area (Å²) >= 11 is 0. The van der Waals surface area contributed by atoms with Gasteiger partial charge in [-0.2, -0.15) is 0 Å². The number of amides is 1. The maximum Gasteiger partial charge on any atom is 0.408 e. The fraction of sp³-hybridized carbons (Fsp3) is 0.818. The Morgan fingerprint density at radius 1 is 1.35 bits per heavy atom. The number of rotatable bonds is 4. The molecule has 0 aliphatic rings. The molecule has 1 amide bonds. The smallest absolute Gasteiger partial charge is 0.408 e. The molecule has 0 aromatic carbocycles. The van der Waals surface area contributed by atoms with E-state index in [4.69, 9.17) is 9.84 Å². The van der Waals surface area contributed by atoms with Crippen LogP contribution < -0.4 is 5.32 Å². The minimum atomic E-state index is -1.04. The van der Waals surface area contributed by atoms with Crippen molar-refractivity contribution in [2.45, 2.75) is 52.7 Å². The molecule has 0 aromatic rings. The molecule has 6 heteroatoms. The van der Waals surface area contributed by atoms with Gasteiger partial charge < -0.3 is 20.6 Å². The largest absolute Gasteiger partial charge is 0.480 e. The van der Waals surface area contributed by atoms with E-state index in [1.54, 1.807) is 27.7 Å². The van der Waals surface area contributed by atoms with Gasteiger partial charge in [-0.25, -0.2) is 9.59 Å². The van der Waals surface area contributed by atoms with E-state index in [0.717, 1.165) is 0 Å². The summed E-state index contributed by atoms with van der Waals surface area (Å²) in [6.45, 7) is 8.83. The average Bonchev–Trinajstić information content (AvgIpc) is 2.09. The quantitative estimate of drug-likeness (QED) is 0.780. The molecule has 0 bridgehead atoms. The van der Waals surface area contributed by atoms with E-state index in [9.17, 15) is 9.59 Å². The van der Waals surface area contributed by atoms with Crippen LogP contribution in [0.4, 0.5) is 4.79 Å². The number of carboxylic acids is 1. The Balaban J connectivity index is 0. The third kappa shape index (κ3) is 7.57. The Morgan fingerprint density at radius 2 is 1.82 bits per heavy atom. The molecule has 0 spiro atoms. The molecule has 0 saturated heterocycles. The molecule has 0 heterocycles. The lowest BCUT2D eigenvalue weighted by atomic mass is 10.00. The van der Waals surface area contributed by atoms with Gasteiger partial charge in [0.25, 0.3) is 0 Å². The lowest BCUT2D eigenvalue weighted by molar-refractivity contribution is -0.140. The van der Waals surface area contributed by atoms with Crippen LogP contribution in [0.2, 0.25) is 0 Å². The first-order valence-electron chi connectivity index (χ1n) is 5.39. The molecule has 0 unspecified atom stereocenters. The fourth-order valence-corrected chi connectivity index (χ4v) is 1.12. The Morgan fingerprint density at radius 3 is 2.12 bits per heavy atom. The van der Waals surface area contributed by atoms with Crippen molar-refractivity contribution in [3.05, 3.63) is 0 Å². The SMILES string of the molecule is CC[C@@H](C)[C@@H](NC(=O)OC(C)(C)C)C(=O)O.O. The normalized spacial score (nSPS) is 14.2. The van der Waals surface area contributed by atoms with Gasteiger partial charge in [0.1, 0.15) is 11.6 Å². The van der Waals surface area contributed by atoms with Crippen molar-refractivity contribution in [1.82, 2.24) is 5.32 Å². The van der Waals surface area contributed by atoms with Crippen LogP contribution in [0, 0.1) is 5.92 Å². The van der Waals surface area contributed by atoms with E-state index in [0.29, 0.717) is 6.42 Å². The van der Waals surface area contributed by atoms with Crippen LogP contribution in [-0.4, -0.2) is 34.3 Å². The van der Waals surface area contributed by atoms with Crippen molar-refractivity contribution in [2.75, 3.05) is 0 Å². The first kappa shape index (κ1) is 18.1. The minimum Gasteiger partial charge on any atom is -0.480 e. The van der Waals surface area contributed by atoms with Crippen LogP contribution in [0.15, 0.2) is 0 Å². The van der Waals surface area contributed by atoms with Crippen LogP contribution >= 0.6 is 0 Å². The zero-order valence-corrected chi connectivity index (χ0v) is 11.0. The number of hydrogen-bond acceptors (Lipinski definition) is 3. The van der Waals surface area contributed by atoms with Crippen molar-refractivity contribution in [2.24, 2.45) is 5.92 Å². The van der Waals surface area contributed by atoms with E-state index < -0.39 is 23.7 Å². The Labute approximate surface area is 102 Å². The molecule has 102 valence electrons. The second-order valence-corrected chi connectivity index (χ2v) is 4.85. The van der Waals surface area contributed by atoms with Crippen molar-refractivity contribution in [3.8, 4) is 0 Å². The van der Waals surface area contributed by atoms with Crippen LogP contribution in [0.1, 0.15) is 41.0 Å². The summed E-state index contributed by atoms with van der Waals surface area (Å²) in [6, 6.07) is -0.903. The lowest BCUT2D eigenvalue weighted by Gasteiger charge is -2.24. The maximum absolute atomic E-state index is 11.4. The van der Waals surface area contributed by atoms with Gasteiger partial charge in [-0.15, -0.1) is 0 Å². The van der Waals surface area contributed by atoms with Gasteiger partial charge in [0, 0.05) is 0 Å². The van der Waals surface area contributed by atoms with E-state index >= 15 is 0 Å². The van der Waals surface area contributed by atoms with Gasteiger partial charge in [-0.1, -0.05) is 20.3 Å². The number of ether oxygens (including phenoxy) is 1. The molecule has 0 aromatic heterocycles. The minimum absolute atomic E-state index is 0. The van der Waals surface area contributed by atoms with Crippen LogP contribution in [0.5, 0.6) is 0 Å². The lowest BCUT2D eigenvalue weighted by Crippen LogP contribution is -2.46. The van der Waals surface area contributed by atoms with Gasteiger partial charge >= 0.3 is 12.1 Å². The molecular formula is C11H23NO5. The Hall–Kier alpha value is -1.30. The van der Waals surface area contributed by atoms with E-state index in [1.807, 2.05) is 6.92 Å². The number of nitrogens with one attached hydrogen (secondary N) is 1. The third-order valence-corrected chi connectivity index (χ3v) is 2.15. The first-order valence-corrected chi connectivity index (χ1v) is 5.39. The van der Waals surface area contributed by atoms with E-state index in [1.165, 1.54) is 0 Å². The molecular weight excluding hydrogens is 226 g/mol. The number of carbonyl (C=O) groups is 2. The van der Waals surface area contributed by atoms with Gasteiger partial charge in [0.05, 0.1) is 0 Å². The monoisotopic (exact) mass is 249 g/mol. The second kappa shape index (κ2) is 7.11. The molecule has 6 nitrogen and oxygen atoms in total. The highest BCUT2D eigenvalue weighted by molar-refractivity contribution is 5.80. The molecule has 17 heavy (non-hydrogen) atoms. The number of aliphatic carboxylic acids is 1. The zero-order chi connectivity index (χ0) is 12.9. The fourth-order valence-electron chi connectivity index (χ4n) is 1.12. The van der Waals surface area contributed by atoms with E-state index in [2.05, 4.69) is 5.32 Å². The number of carbonyl (C=O) groups excluding carboxylic acids is 1. The summed E-state index contributed by atoms with van der Waals surface area (Å²) < 4.78 is 5.00. The van der Waals surface area contributed by atoms with Crippen molar-refractivity contribution >= 4 is 12.1 Å². The van der Waals surface area contributed by atoms with Crippen molar-refractivity contribution in [3.63, 3.8) is 0 Å². The first-order chi connectivity index (χ1) is 7.17. The van der Waals surface area contributed by atoms with Crippen LogP contribution in [0.3, 0.4) is 0 Å². The number of carboxylic acid groups (broad SMARTS) is 1. The predicted molar refractivity (Wildman–Crippen MR) is 63.9 cm³/mol. The molecule has 0 radical (unpaired) electrons. The Kier molecular flexibility index (Phi) is 7.56. The maximum atomic E-state index is 11.4. The average molecular weight is 249 g/mol. The summed E-state index contributed by atoms with van der Waals surface area (Å²) in [5.41, 5.74) is -0.622. The van der Waals surface area contributed by atoms with Crippen molar-refractivity contribution < 1.29 is 24.9 Å². The summed E-state index contributed by atoms with van der Waals surface area (Å²) in [5, 5.41) is 11.3. The predicted octanol–water partition coefficient (Wildman–Crippen LogP) is 1.19. The zero-order valence-electron chi connectivity index (χ0n) is 11.0. The second-order valence-electron chi connectivity index (χ2n) is 4.85.